The van der Waals surface area contributed by atoms with E-state index in [0.29, 0.717) is 28.3 Å². The van der Waals surface area contributed by atoms with Crippen molar-refractivity contribution in [1.29, 1.82) is 0 Å². The minimum Gasteiger partial charge on any atom is -0.395 e. The first kappa shape index (κ1) is 23.8. The van der Waals surface area contributed by atoms with E-state index in [1.54, 1.807) is 35.9 Å². The molecule has 0 spiro atoms. The molecule has 0 radical (unpaired) electrons. The number of aryl methyl sites for hydroxylation is 1. The van der Waals surface area contributed by atoms with E-state index in [1.165, 1.54) is 17.5 Å². The fraction of sp³-hybridized carbons (Fsp3) is 0.333. The van der Waals surface area contributed by atoms with Gasteiger partial charge in [-0.3, -0.25) is 14.5 Å². The summed E-state index contributed by atoms with van der Waals surface area (Å²) in [5.41, 5.74) is 10.7. The molecule has 0 aliphatic carbocycles. The number of likely N-dealkylation sites (N-methyl/N-ethyl adjacent to an activating group) is 1. The van der Waals surface area contributed by atoms with Crippen molar-refractivity contribution in [3.8, 4) is 0 Å². The number of halogens is 1. The Balaban J connectivity index is 1.97. The molecule has 2 N–H and O–H groups in total. The fourth-order valence-electron chi connectivity index (χ4n) is 3.40. The minimum atomic E-state index is -0.466. The first-order valence-electron chi connectivity index (χ1n) is 9.82. The molecule has 3 aromatic rings. The van der Waals surface area contributed by atoms with Crippen molar-refractivity contribution in [2.45, 2.75) is 19.6 Å². The lowest BCUT2D eigenvalue weighted by atomic mass is 10.1. The van der Waals surface area contributed by atoms with Crippen LogP contribution in [-0.4, -0.2) is 40.7 Å². The first-order chi connectivity index (χ1) is 15.3. The van der Waals surface area contributed by atoms with Crippen LogP contribution in [0.2, 0.25) is 5.02 Å². The number of carbonyl (C=O) groups is 1. The van der Waals surface area contributed by atoms with Crippen LogP contribution in [0.4, 0.5) is 0 Å². The predicted molar refractivity (Wildman–Crippen MR) is 126 cm³/mol. The fourth-order valence-corrected chi connectivity index (χ4v) is 4.91. The number of hydrogen-bond acceptors (Lipinski definition) is 6. The summed E-state index contributed by atoms with van der Waals surface area (Å²) in [5.74, 6) is -0.466. The highest BCUT2D eigenvalue weighted by atomic mass is 35.5. The van der Waals surface area contributed by atoms with Crippen molar-refractivity contribution in [2.75, 3.05) is 20.2 Å². The molecule has 0 unspecified atom stereocenters. The number of aromatic nitrogens is 1. The van der Waals surface area contributed by atoms with E-state index < -0.39 is 5.91 Å². The lowest BCUT2D eigenvalue weighted by Gasteiger charge is -2.15. The van der Waals surface area contributed by atoms with E-state index in [9.17, 15) is 14.7 Å². The van der Waals surface area contributed by atoms with Crippen LogP contribution >= 0.6 is 22.9 Å². The molecule has 9 nitrogen and oxygen atoms in total. The quantitative estimate of drug-likeness (QED) is 0.280. The SMILES string of the molecule is CN(CCO)Cc1sc2c(=O)c(C(=O)NCc3ccc(Cl)cc3)cn(C)c2c1CN=[N+]=[N-]. The second-order valence-electron chi connectivity index (χ2n) is 7.32. The van der Waals surface area contributed by atoms with Gasteiger partial charge in [0.1, 0.15) is 5.56 Å². The van der Waals surface area contributed by atoms with Crippen LogP contribution in [0.15, 0.2) is 40.4 Å². The standard InChI is InChI=1S/C21H23ClN6O3S/c1-27(7-8-29)12-17-15(10-25-26-23)18-20(32-17)19(30)16(11-28(18)2)21(31)24-9-13-3-5-14(22)6-4-13/h3-6,11,29H,7-10,12H2,1-2H3,(H,24,31). The number of rotatable bonds is 9. The molecule has 0 saturated heterocycles. The van der Waals surface area contributed by atoms with Crippen molar-refractivity contribution in [1.82, 2.24) is 14.8 Å². The number of amides is 1. The Morgan fingerprint density at radius 2 is 2.09 bits per heavy atom. The van der Waals surface area contributed by atoms with Crippen LogP contribution in [0.1, 0.15) is 26.4 Å². The molecule has 0 fully saturated rings. The van der Waals surface area contributed by atoms with E-state index in [-0.39, 0.29) is 30.7 Å². The van der Waals surface area contributed by atoms with Gasteiger partial charge < -0.3 is 15.0 Å². The zero-order valence-corrected chi connectivity index (χ0v) is 19.3. The third-order valence-corrected chi connectivity index (χ3v) is 6.44. The summed E-state index contributed by atoms with van der Waals surface area (Å²) >= 11 is 7.17. The molecule has 0 bridgehead atoms. The molecule has 2 aromatic heterocycles. The molecular formula is C21H23ClN6O3S. The Hall–Kier alpha value is -2.88. The number of hydrogen-bond donors (Lipinski definition) is 2. The molecule has 1 aromatic carbocycles. The maximum atomic E-state index is 13.2. The van der Waals surface area contributed by atoms with E-state index in [4.69, 9.17) is 17.1 Å². The maximum Gasteiger partial charge on any atom is 0.257 e. The summed E-state index contributed by atoms with van der Waals surface area (Å²) in [6.07, 6.45) is 1.51. The second-order valence-corrected chi connectivity index (χ2v) is 8.87. The Kier molecular flexibility index (Phi) is 7.89. The Bertz CT molecular complexity index is 1230. The Morgan fingerprint density at radius 3 is 2.75 bits per heavy atom. The largest absolute Gasteiger partial charge is 0.395 e. The monoisotopic (exact) mass is 474 g/mol. The van der Waals surface area contributed by atoms with Gasteiger partial charge in [-0.1, -0.05) is 28.8 Å². The third-order valence-electron chi connectivity index (χ3n) is 4.99. The van der Waals surface area contributed by atoms with Gasteiger partial charge in [-0.25, -0.2) is 0 Å². The number of fused-ring (bicyclic) bond motifs is 1. The molecule has 0 aliphatic heterocycles. The highest BCUT2D eigenvalue weighted by Gasteiger charge is 2.21. The van der Waals surface area contributed by atoms with Crippen LogP contribution in [0.25, 0.3) is 20.7 Å². The van der Waals surface area contributed by atoms with Crippen LogP contribution in [0.5, 0.6) is 0 Å². The molecule has 1 amide bonds. The van der Waals surface area contributed by atoms with Crippen molar-refractivity contribution in [3.05, 3.63) is 77.7 Å². The number of nitrogens with one attached hydrogen (secondary N) is 1. The molecule has 3 rings (SSSR count). The molecule has 168 valence electrons. The van der Waals surface area contributed by atoms with Crippen molar-refractivity contribution in [3.63, 3.8) is 0 Å². The molecule has 0 saturated carbocycles. The van der Waals surface area contributed by atoms with Crippen molar-refractivity contribution in [2.24, 2.45) is 12.2 Å². The molecule has 0 aliphatic rings. The second kappa shape index (κ2) is 10.6. The summed E-state index contributed by atoms with van der Waals surface area (Å²) in [7, 11) is 3.61. The summed E-state index contributed by atoms with van der Waals surface area (Å²) in [6, 6.07) is 7.08. The average molecular weight is 475 g/mol. The number of aliphatic hydroxyl groups excluding tert-OH is 1. The topological polar surface area (TPSA) is 123 Å². The van der Waals surface area contributed by atoms with Gasteiger partial charge in [0.25, 0.3) is 5.91 Å². The smallest absolute Gasteiger partial charge is 0.257 e. The zero-order valence-electron chi connectivity index (χ0n) is 17.7. The summed E-state index contributed by atoms with van der Waals surface area (Å²) < 4.78 is 2.16. The van der Waals surface area contributed by atoms with Crippen molar-refractivity contribution < 1.29 is 9.90 Å². The van der Waals surface area contributed by atoms with Crippen LogP contribution in [-0.2, 0) is 26.7 Å². The minimum absolute atomic E-state index is 0.00555. The summed E-state index contributed by atoms with van der Waals surface area (Å²) in [6.45, 7) is 1.30. The molecule has 32 heavy (non-hydrogen) atoms. The lowest BCUT2D eigenvalue weighted by molar-refractivity contribution is 0.0949. The molecule has 2 heterocycles. The number of azide groups is 1. The van der Waals surface area contributed by atoms with Crippen molar-refractivity contribution >= 4 is 39.1 Å². The van der Waals surface area contributed by atoms with Gasteiger partial charge in [0.15, 0.2) is 0 Å². The average Bonchev–Trinajstić information content (AvgIpc) is 3.13. The van der Waals surface area contributed by atoms with Gasteiger partial charge in [0, 0.05) is 47.7 Å². The summed E-state index contributed by atoms with van der Waals surface area (Å²) in [5, 5.41) is 16.3. The number of carbonyl (C=O) groups excluding carboxylic acids is 1. The van der Waals surface area contributed by atoms with Gasteiger partial charge in [-0.2, -0.15) is 0 Å². The van der Waals surface area contributed by atoms with Gasteiger partial charge >= 0.3 is 0 Å². The van der Waals surface area contributed by atoms with E-state index >= 15 is 0 Å². The molecular weight excluding hydrogens is 452 g/mol. The number of aliphatic hydroxyl groups is 1. The van der Waals surface area contributed by atoms with Gasteiger partial charge in [-0.15, -0.1) is 11.3 Å². The third kappa shape index (κ3) is 5.29. The highest BCUT2D eigenvalue weighted by Crippen LogP contribution is 2.31. The number of thiophene rings is 1. The van der Waals surface area contributed by atoms with Gasteiger partial charge in [0.05, 0.1) is 23.4 Å². The van der Waals surface area contributed by atoms with E-state index in [2.05, 4.69) is 15.3 Å². The molecule has 0 atom stereocenters. The Labute approximate surface area is 193 Å². The van der Waals surface area contributed by atoms with Crippen LogP contribution in [0, 0.1) is 0 Å². The van der Waals surface area contributed by atoms with Crippen LogP contribution < -0.4 is 10.7 Å². The molecule has 11 heteroatoms. The number of benzene rings is 1. The maximum absolute atomic E-state index is 13.2. The van der Waals surface area contributed by atoms with Gasteiger partial charge in [-0.05, 0) is 35.8 Å². The van der Waals surface area contributed by atoms with Gasteiger partial charge in [0.2, 0.25) is 5.43 Å². The lowest BCUT2D eigenvalue weighted by Crippen LogP contribution is -2.29. The normalized spacial score (nSPS) is 11.0. The van der Waals surface area contributed by atoms with Crippen LogP contribution in [0.3, 0.4) is 0 Å². The van der Waals surface area contributed by atoms with E-state index in [0.717, 1.165) is 16.0 Å². The predicted octanol–water partition coefficient (Wildman–Crippen LogP) is 3.42. The highest BCUT2D eigenvalue weighted by molar-refractivity contribution is 7.19. The number of pyridine rings is 1. The van der Waals surface area contributed by atoms with E-state index in [1.807, 2.05) is 11.9 Å². The summed E-state index contributed by atoms with van der Waals surface area (Å²) in [4.78, 5) is 31.6. The Morgan fingerprint density at radius 1 is 1.38 bits per heavy atom. The first-order valence-corrected chi connectivity index (χ1v) is 11.0. The zero-order chi connectivity index (χ0) is 23.3. The number of nitrogens with zero attached hydrogens (tertiary/aromatic N) is 5.